The van der Waals surface area contributed by atoms with Gasteiger partial charge < -0.3 is 14.5 Å². The van der Waals surface area contributed by atoms with E-state index in [-0.39, 0.29) is 11.8 Å². The minimum absolute atomic E-state index is 0.0516. The van der Waals surface area contributed by atoms with Gasteiger partial charge in [-0.3, -0.25) is 9.59 Å². The van der Waals surface area contributed by atoms with Crippen molar-refractivity contribution < 1.29 is 14.3 Å². The van der Waals surface area contributed by atoms with E-state index in [1.165, 1.54) is 0 Å². The first-order chi connectivity index (χ1) is 12.5. The molecule has 1 aliphatic heterocycles. The van der Waals surface area contributed by atoms with Crippen LogP contribution in [-0.4, -0.2) is 54.9 Å². The summed E-state index contributed by atoms with van der Waals surface area (Å²) in [5.74, 6) is 0.504. The van der Waals surface area contributed by atoms with E-state index in [1.807, 2.05) is 0 Å². The minimum Gasteiger partial charge on any atom is -0.497 e. The summed E-state index contributed by atoms with van der Waals surface area (Å²) in [5, 5.41) is 0.820. The number of benzene rings is 2. The van der Waals surface area contributed by atoms with Gasteiger partial charge in [-0.2, -0.15) is 0 Å². The molecule has 2 aromatic carbocycles. The second-order valence-electron chi connectivity index (χ2n) is 5.94. The van der Waals surface area contributed by atoms with Crippen molar-refractivity contribution in [2.75, 3.05) is 33.3 Å². The van der Waals surface area contributed by atoms with E-state index in [0.29, 0.717) is 53.1 Å². The molecule has 0 radical (unpaired) electrons. The Morgan fingerprint density at radius 2 is 1.46 bits per heavy atom. The molecule has 0 bridgehead atoms. The monoisotopic (exact) mass is 392 g/mol. The SMILES string of the molecule is COc1ccc(C(=O)N2CCN(C(=O)c3ccc(Cl)cc3Cl)CC2)cc1. The molecule has 0 spiro atoms. The van der Waals surface area contributed by atoms with Gasteiger partial charge in [0.1, 0.15) is 5.75 Å². The first-order valence-corrected chi connectivity index (χ1v) is 8.93. The molecular formula is C19H18Cl2N2O3. The summed E-state index contributed by atoms with van der Waals surface area (Å²) in [6.45, 7) is 1.86. The van der Waals surface area contributed by atoms with Crippen molar-refractivity contribution in [1.29, 1.82) is 0 Å². The van der Waals surface area contributed by atoms with Gasteiger partial charge in [0.15, 0.2) is 0 Å². The van der Waals surface area contributed by atoms with Gasteiger partial charge >= 0.3 is 0 Å². The molecule has 0 saturated carbocycles. The van der Waals surface area contributed by atoms with Crippen LogP contribution in [0.2, 0.25) is 10.0 Å². The molecule has 5 nitrogen and oxygen atoms in total. The van der Waals surface area contributed by atoms with Crippen molar-refractivity contribution in [1.82, 2.24) is 9.80 Å². The maximum absolute atomic E-state index is 12.6. The Labute approximate surface area is 162 Å². The van der Waals surface area contributed by atoms with Crippen LogP contribution >= 0.6 is 23.2 Å². The predicted molar refractivity (Wildman–Crippen MR) is 101 cm³/mol. The Kier molecular flexibility index (Phi) is 5.69. The standard InChI is InChI=1S/C19H18Cl2N2O3/c1-26-15-5-2-13(3-6-15)18(24)22-8-10-23(11-9-22)19(25)16-7-4-14(20)12-17(16)21/h2-7,12H,8-11H2,1H3. The van der Waals surface area contributed by atoms with Gasteiger partial charge in [-0.05, 0) is 42.5 Å². The zero-order chi connectivity index (χ0) is 18.7. The number of carbonyl (C=O) groups is 2. The number of methoxy groups -OCH3 is 1. The predicted octanol–water partition coefficient (Wildman–Crippen LogP) is 3.60. The molecule has 2 amide bonds. The molecule has 1 aliphatic rings. The van der Waals surface area contributed by atoms with E-state index in [2.05, 4.69) is 0 Å². The first-order valence-electron chi connectivity index (χ1n) is 8.17. The van der Waals surface area contributed by atoms with E-state index in [0.717, 1.165) is 0 Å². The smallest absolute Gasteiger partial charge is 0.255 e. The highest BCUT2D eigenvalue weighted by atomic mass is 35.5. The van der Waals surface area contributed by atoms with Crippen LogP contribution < -0.4 is 4.74 Å². The quantitative estimate of drug-likeness (QED) is 0.801. The molecule has 3 rings (SSSR count). The summed E-state index contributed by atoms with van der Waals surface area (Å²) in [7, 11) is 1.58. The second kappa shape index (κ2) is 7.98. The molecule has 1 saturated heterocycles. The van der Waals surface area contributed by atoms with Crippen molar-refractivity contribution in [3.63, 3.8) is 0 Å². The molecular weight excluding hydrogens is 375 g/mol. The van der Waals surface area contributed by atoms with Gasteiger partial charge in [0.25, 0.3) is 11.8 Å². The molecule has 0 atom stereocenters. The number of amides is 2. The molecule has 0 aliphatic carbocycles. The Bertz CT molecular complexity index is 816. The largest absolute Gasteiger partial charge is 0.497 e. The second-order valence-corrected chi connectivity index (χ2v) is 6.78. The van der Waals surface area contributed by atoms with Crippen LogP contribution in [0.4, 0.5) is 0 Å². The van der Waals surface area contributed by atoms with Gasteiger partial charge in [-0.25, -0.2) is 0 Å². The maximum Gasteiger partial charge on any atom is 0.255 e. The number of hydrogen-bond donors (Lipinski definition) is 0. The maximum atomic E-state index is 12.6. The van der Waals surface area contributed by atoms with Crippen LogP contribution in [-0.2, 0) is 0 Å². The van der Waals surface area contributed by atoms with Crippen molar-refractivity contribution in [3.8, 4) is 5.75 Å². The lowest BCUT2D eigenvalue weighted by molar-refractivity contribution is 0.0535. The fourth-order valence-corrected chi connectivity index (χ4v) is 3.35. The third-order valence-electron chi connectivity index (χ3n) is 4.35. The summed E-state index contributed by atoms with van der Waals surface area (Å²) in [4.78, 5) is 28.7. The van der Waals surface area contributed by atoms with Crippen LogP contribution in [0.15, 0.2) is 42.5 Å². The Balaban J connectivity index is 1.63. The zero-order valence-corrected chi connectivity index (χ0v) is 15.8. The van der Waals surface area contributed by atoms with Gasteiger partial charge in [-0.15, -0.1) is 0 Å². The third-order valence-corrected chi connectivity index (χ3v) is 4.90. The zero-order valence-electron chi connectivity index (χ0n) is 14.2. The number of ether oxygens (including phenoxy) is 1. The van der Waals surface area contributed by atoms with Gasteiger partial charge in [0, 0.05) is 36.8 Å². The Morgan fingerprint density at radius 3 is 2.00 bits per heavy atom. The van der Waals surface area contributed by atoms with Crippen LogP contribution in [0.5, 0.6) is 5.75 Å². The average Bonchev–Trinajstić information content (AvgIpc) is 2.67. The molecule has 0 N–H and O–H groups in total. The summed E-state index contributed by atoms with van der Waals surface area (Å²) >= 11 is 12.0. The van der Waals surface area contributed by atoms with Crippen molar-refractivity contribution in [2.24, 2.45) is 0 Å². The molecule has 136 valence electrons. The van der Waals surface area contributed by atoms with Crippen molar-refractivity contribution in [3.05, 3.63) is 63.6 Å². The molecule has 0 unspecified atom stereocenters. The fourth-order valence-electron chi connectivity index (χ4n) is 2.86. The highest BCUT2D eigenvalue weighted by Crippen LogP contribution is 2.23. The normalized spacial score (nSPS) is 14.3. The summed E-state index contributed by atoms with van der Waals surface area (Å²) in [5.41, 5.74) is 1.03. The van der Waals surface area contributed by atoms with Crippen molar-refractivity contribution in [2.45, 2.75) is 0 Å². The summed E-state index contributed by atoms with van der Waals surface area (Å²) in [6, 6.07) is 11.8. The molecule has 26 heavy (non-hydrogen) atoms. The Hall–Kier alpha value is -2.24. The molecule has 1 fully saturated rings. The highest BCUT2D eigenvalue weighted by molar-refractivity contribution is 6.36. The number of nitrogens with zero attached hydrogens (tertiary/aromatic N) is 2. The minimum atomic E-state index is -0.150. The van der Waals surface area contributed by atoms with Crippen LogP contribution in [0.25, 0.3) is 0 Å². The number of carbonyl (C=O) groups excluding carboxylic acids is 2. The number of halogens is 2. The highest BCUT2D eigenvalue weighted by Gasteiger charge is 2.26. The summed E-state index contributed by atoms with van der Waals surface area (Å²) < 4.78 is 5.11. The molecule has 7 heteroatoms. The fraction of sp³-hybridized carbons (Fsp3) is 0.263. The van der Waals surface area contributed by atoms with Crippen LogP contribution in [0.3, 0.4) is 0 Å². The average molecular weight is 393 g/mol. The lowest BCUT2D eigenvalue weighted by Gasteiger charge is -2.35. The van der Waals surface area contributed by atoms with Crippen LogP contribution in [0.1, 0.15) is 20.7 Å². The number of hydrogen-bond acceptors (Lipinski definition) is 3. The summed E-state index contributed by atoms with van der Waals surface area (Å²) in [6.07, 6.45) is 0. The third kappa shape index (κ3) is 3.94. The lowest BCUT2D eigenvalue weighted by atomic mass is 10.1. The lowest BCUT2D eigenvalue weighted by Crippen LogP contribution is -2.50. The van der Waals surface area contributed by atoms with E-state index < -0.39 is 0 Å². The van der Waals surface area contributed by atoms with Crippen molar-refractivity contribution >= 4 is 35.0 Å². The number of rotatable bonds is 3. The van der Waals surface area contributed by atoms with E-state index in [4.69, 9.17) is 27.9 Å². The van der Waals surface area contributed by atoms with Gasteiger partial charge in [0.2, 0.25) is 0 Å². The van der Waals surface area contributed by atoms with E-state index >= 15 is 0 Å². The van der Waals surface area contributed by atoms with Gasteiger partial charge in [0.05, 0.1) is 17.7 Å². The molecule has 0 aromatic heterocycles. The van der Waals surface area contributed by atoms with Crippen LogP contribution in [0, 0.1) is 0 Å². The van der Waals surface area contributed by atoms with E-state index in [9.17, 15) is 9.59 Å². The Morgan fingerprint density at radius 1 is 0.885 bits per heavy atom. The van der Waals surface area contributed by atoms with Gasteiger partial charge in [-0.1, -0.05) is 23.2 Å². The molecule has 2 aromatic rings. The first kappa shape index (κ1) is 18.5. The number of piperazine rings is 1. The molecule has 1 heterocycles. The topological polar surface area (TPSA) is 49.9 Å². The van der Waals surface area contributed by atoms with E-state index in [1.54, 1.807) is 59.4 Å².